The van der Waals surface area contributed by atoms with E-state index in [0.717, 1.165) is 0 Å². The molecule has 46 valence electrons. The molecule has 2 nitrogen and oxygen atoms in total. The van der Waals surface area contributed by atoms with Gasteiger partial charge in [0.1, 0.15) is 0 Å². The summed E-state index contributed by atoms with van der Waals surface area (Å²) in [5.74, 6) is 0. The van der Waals surface area contributed by atoms with Gasteiger partial charge in [0.2, 0.25) is 0 Å². The molecule has 3 heteroatoms. The van der Waals surface area contributed by atoms with Gasteiger partial charge in [-0.25, -0.2) is 0 Å². The zero-order valence-electron chi connectivity index (χ0n) is 4.88. The maximum atomic E-state index is 10.8. The summed E-state index contributed by atoms with van der Waals surface area (Å²) in [6.45, 7) is 1.58. The Morgan fingerprint density at radius 2 is 1.71 bits per heavy atom. The van der Waals surface area contributed by atoms with E-state index in [-0.39, 0.29) is 0 Å². The van der Waals surface area contributed by atoms with E-state index in [1.807, 2.05) is 0 Å². The molecule has 1 N–H and O–H groups in total. The zero-order chi connectivity index (χ0) is 6.08. The monoisotopic (exact) mass is 222 g/mol. The zero-order valence-corrected chi connectivity index (χ0v) is 7.43. The van der Waals surface area contributed by atoms with Crippen LogP contribution in [0.1, 0.15) is 6.92 Å². The van der Waals surface area contributed by atoms with Crippen LogP contribution in [0, 0.1) is 0 Å². The third kappa shape index (κ3) is 3.16. The first-order chi connectivity index (χ1) is 2.94. The Morgan fingerprint density at radius 1 is 1.57 bits per heavy atom. The quantitative estimate of drug-likeness (QED) is 0.644. The van der Waals surface area contributed by atoms with Crippen LogP contribution in [0.5, 0.6) is 0 Å². The van der Waals surface area contributed by atoms with Gasteiger partial charge in [-0.15, -0.1) is 0 Å². The molecule has 0 fully saturated rings. The Hall–Kier alpha value is 0.550. The van der Waals surface area contributed by atoms with E-state index in [0.29, 0.717) is 0 Å². The number of hydrogen-bond donors (Lipinski definition) is 1. The van der Waals surface area contributed by atoms with Crippen molar-refractivity contribution in [1.29, 1.82) is 0 Å². The first-order valence-electron chi connectivity index (χ1n) is 2.17. The summed E-state index contributed by atoms with van der Waals surface area (Å²) < 4.78 is 10.2. The predicted octanol–water partition coefficient (Wildman–Crippen LogP) is 0.274. The van der Waals surface area contributed by atoms with E-state index in [1.165, 1.54) is 0 Å². The topological polar surface area (TPSA) is 37.3 Å². The Labute approximate surface area is 47.7 Å². The van der Waals surface area contributed by atoms with Gasteiger partial charge in [-0.05, 0) is 0 Å². The minimum absolute atomic E-state index is 0.557. The average Bonchev–Trinajstić information content (AvgIpc) is 1.31. The van der Waals surface area contributed by atoms with E-state index in [1.54, 1.807) is 16.9 Å². The summed E-state index contributed by atoms with van der Waals surface area (Å²) in [6.07, 6.45) is 0. The molecule has 0 aliphatic carbocycles. The van der Waals surface area contributed by atoms with Crippen molar-refractivity contribution in [3.05, 3.63) is 0 Å². The first-order valence-corrected chi connectivity index (χ1v) is 9.79. The molecule has 0 bridgehead atoms. The molecule has 0 saturated carbocycles. The number of rotatable bonds is 1. The van der Waals surface area contributed by atoms with Crippen LogP contribution in [0.15, 0.2) is 0 Å². The molecule has 1 atom stereocenters. The number of aliphatic hydroxyl groups is 1. The van der Waals surface area contributed by atoms with Crippen LogP contribution >= 0.6 is 0 Å². The summed E-state index contributed by atoms with van der Waals surface area (Å²) in [4.78, 5) is 3.31. The molecular formula is C4H12O2Te. The van der Waals surface area contributed by atoms with Crippen molar-refractivity contribution in [2.45, 2.75) is 21.0 Å². The average molecular weight is 220 g/mol. The van der Waals surface area contributed by atoms with Crippen LogP contribution in [-0.2, 0) is 3.10 Å². The van der Waals surface area contributed by atoms with Crippen molar-refractivity contribution >= 4 is 18.2 Å². The minimum atomic E-state index is -2.97. The van der Waals surface area contributed by atoms with Gasteiger partial charge in [-0.1, -0.05) is 0 Å². The molecule has 0 aromatic rings. The second kappa shape index (κ2) is 2.21. The van der Waals surface area contributed by atoms with Gasteiger partial charge < -0.3 is 0 Å². The van der Waals surface area contributed by atoms with Crippen molar-refractivity contribution in [2.24, 2.45) is 0 Å². The van der Waals surface area contributed by atoms with Crippen molar-refractivity contribution < 1.29 is 8.21 Å². The summed E-state index contributed by atoms with van der Waals surface area (Å²) in [5, 5.41) is 8.67. The molecule has 0 rings (SSSR count). The van der Waals surface area contributed by atoms with E-state index < -0.39 is 22.3 Å². The SMILES string of the molecule is CC(O)[TeH](C)(C)=O. The van der Waals surface area contributed by atoms with E-state index >= 15 is 0 Å². The molecule has 0 aliphatic rings. The second-order valence-electron chi connectivity index (χ2n) is 2.07. The normalized spacial score (nSPS) is 18.9. The molecule has 0 aliphatic heterocycles. The second-order valence-corrected chi connectivity index (χ2v) is 12.4. The van der Waals surface area contributed by atoms with Crippen LogP contribution in [0.3, 0.4) is 0 Å². The standard InChI is InChI=1S/C4H12O2Te/c1-4(5)7(2,3)6/h4-5,7H,1-3H3. The van der Waals surface area contributed by atoms with Crippen molar-refractivity contribution in [3.8, 4) is 0 Å². The Morgan fingerprint density at radius 3 is 1.71 bits per heavy atom. The van der Waals surface area contributed by atoms with Gasteiger partial charge in [0.15, 0.2) is 0 Å². The molecule has 0 spiro atoms. The number of hydrogen-bond acceptors (Lipinski definition) is 2. The summed E-state index contributed by atoms with van der Waals surface area (Å²) >= 11 is -2.97. The molecule has 1 unspecified atom stereocenters. The fraction of sp³-hybridized carbons (Fsp3) is 1.00. The van der Waals surface area contributed by atoms with Crippen LogP contribution in [-0.4, -0.2) is 27.4 Å². The van der Waals surface area contributed by atoms with Crippen LogP contribution in [0.2, 0.25) is 9.94 Å². The van der Waals surface area contributed by atoms with Gasteiger partial charge >= 0.3 is 47.4 Å². The van der Waals surface area contributed by atoms with E-state index in [9.17, 15) is 3.10 Å². The van der Waals surface area contributed by atoms with Crippen molar-refractivity contribution in [1.82, 2.24) is 0 Å². The van der Waals surface area contributed by atoms with Gasteiger partial charge in [-0.3, -0.25) is 0 Å². The summed E-state index contributed by atoms with van der Waals surface area (Å²) in [6, 6.07) is 0. The summed E-state index contributed by atoms with van der Waals surface area (Å²) in [5.41, 5.74) is 0. The molecule has 0 radical (unpaired) electrons. The molecule has 0 amide bonds. The van der Waals surface area contributed by atoms with E-state index in [4.69, 9.17) is 5.11 Å². The van der Waals surface area contributed by atoms with Crippen LogP contribution < -0.4 is 0 Å². The molecule has 7 heavy (non-hydrogen) atoms. The van der Waals surface area contributed by atoms with Gasteiger partial charge in [0.25, 0.3) is 0 Å². The summed E-state index contributed by atoms with van der Waals surface area (Å²) in [7, 11) is 0. The molecule has 0 aromatic carbocycles. The molecule has 0 saturated heterocycles. The van der Waals surface area contributed by atoms with Gasteiger partial charge in [-0.2, -0.15) is 0 Å². The van der Waals surface area contributed by atoms with Crippen molar-refractivity contribution in [3.63, 3.8) is 0 Å². The molecule has 0 heterocycles. The molecule has 0 aromatic heterocycles. The van der Waals surface area contributed by atoms with Gasteiger partial charge in [0.05, 0.1) is 0 Å². The van der Waals surface area contributed by atoms with E-state index in [2.05, 4.69) is 0 Å². The maximum absolute atomic E-state index is 10.8. The fourth-order valence-corrected chi connectivity index (χ4v) is 0. The first kappa shape index (κ1) is 7.55. The Balaban J connectivity index is 3.80. The van der Waals surface area contributed by atoms with Crippen LogP contribution in [0.4, 0.5) is 0 Å². The number of aliphatic hydroxyl groups excluding tert-OH is 1. The predicted molar refractivity (Wildman–Crippen MR) is 31.2 cm³/mol. The third-order valence-corrected chi connectivity index (χ3v) is 6.04. The van der Waals surface area contributed by atoms with Gasteiger partial charge in [0, 0.05) is 0 Å². The fourth-order valence-electron chi connectivity index (χ4n) is 0. The van der Waals surface area contributed by atoms with Crippen LogP contribution in [0.25, 0.3) is 0 Å². The third-order valence-electron chi connectivity index (χ3n) is 0.900. The Bertz CT molecular complexity index is 91.9. The van der Waals surface area contributed by atoms with Crippen molar-refractivity contribution in [2.75, 3.05) is 0 Å². The molecular weight excluding hydrogens is 208 g/mol. The Kier molecular flexibility index (Phi) is 2.39.